The van der Waals surface area contributed by atoms with Crippen LogP contribution in [0.15, 0.2) is 72.9 Å². The minimum Gasteiger partial charge on any atom is -0.497 e. The summed E-state index contributed by atoms with van der Waals surface area (Å²) in [4.78, 5) is 17.1. The van der Waals surface area contributed by atoms with E-state index in [4.69, 9.17) is 4.74 Å². The molecule has 0 fully saturated rings. The summed E-state index contributed by atoms with van der Waals surface area (Å²) >= 11 is 0. The van der Waals surface area contributed by atoms with E-state index in [1.807, 2.05) is 30.3 Å². The predicted octanol–water partition coefficient (Wildman–Crippen LogP) is 4.86. The van der Waals surface area contributed by atoms with E-state index in [1.165, 1.54) is 12.1 Å². The molecule has 33 heavy (non-hydrogen) atoms. The van der Waals surface area contributed by atoms with Crippen LogP contribution < -0.4 is 15.4 Å². The van der Waals surface area contributed by atoms with Gasteiger partial charge in [0.2, 0.25) is 5.91 Å². The molecule has 2 aromatic carbocycles. The average Bonchev–Trinajstić information content (AvgIpc) is 2.84. The van der Waals surface area contributed by atoms with Crippen LogP contribution in [0.3, 0.4) is 0 Å². The summed E-state index contributed by atoms with van der Waals surface area (Å²) in [6.45, 7) is 0. The number of amides is 1. The first-order valence-electron chi connectivity index (χ1n) is 10.5. The molecule has 2 N–H and O–H groups in total. The molecule has 0 radical (unpaired) electrons. The van der Waals surface area contributed by atoms with Crippen molar-refractivity contribution in [1.82, 2.24) is 15.6 Å². The first-order valence-corrected chi connectivity index (χ1v) is 10.5. The fourth-order valence-corrected chi connectivity index (χ4v) is 3.55. The number of halogens is 3. The second-order valence-corrected chi connectivity index (χ2v) is 7.53. The number of likely N-dealkylation sites (N-methyl/N-ethyl adjacent to an activating group) is 1. The third kappa shape index (κ3) is 6.55. The maximum Gasteiger partial charge on any atom is 0.416 e. The quantitative estimate of drug-likeness (QED) is 0.482. The summed E-state index contributed by atoms with van der Waals surface area (Å²) in [7, 11) is 3.13. The lowest BCUT2D eigenvalue weighted by molar-refractivity contribution is -0.137. The number of hydrogen-bond donors (Lipinski definition) is 2. The van der Waals surface area contributed by atoms with Crippen molar-refractivity contribution in [1.29, 1.82) is 0 Å². The number of benzene rings is 2. The van der Waals surface area contributed by atoms with E-state index in [0.29, 0.717) is 24.3 Å². The number of ether oxygens (including phenoxy) is 1. The molecule has 0 bridgehead atoms. The molecular weight excluding hydrogens is 431 g/mol. The molecule has 0 aliphatic carbocycles. The Bertz CT molecular complexity index is 1040. The number of aryl methyl sites for hydroxylation is 1. The highest BCUT2D eigenvalue weighted by Crippen LogP contribution is 2.30. The van der Waals surface area contributed by atoms with Crippen molar-refractivity contribution < 1.29 is 22.7 Å². The molecule has 1 aromatic heterocycles. The molecule has 0 aliphatic heterocycles. The molecule has 174 valence electrons. The lowest BCUT2D eigenvalue weighted by Crippen LogP contribution is -2.38. The predicted molar refractivity (Wildman–Crippen MR) is 120 cm³/mol. The van der Waals surface area contributed by atoms with Crippen LogP contribution in [0.4, 0.5) is 13.2 Å². The Morgan fingerprint density at radius 3 is 2.36 bits per heavy atom. The second kappa shape index (κ2) is 11.0. The zero-order valence-electron chi connectivity index (χ0n) is 18.4. The topological polar surface area (TPSA) is 63.2 Å². The van der Waals surface area contributed by atoms with E-state index in [9.17, 15) is 18.0 Å². The number of aromatic nitrogens is 1. The van der Waals surface area contributed by atoms with Crippen LogP contribution >= 0.6 is 0 Å². The highest BCUT2D eigenvalue weighted by Gasteiger charge is 2.30. The second-order valence-electron chi connectivity index (χ2n) is 7.53. The average molecular weight is 457 g/mol. The van der Waals surface area contributed by atoms with Gasteiger partial charge in [0, 0.05) is 19.3 Å². The minimum absolute atomic E-state index is 0.205. The van der Waals surface area contributed by atoms with Crippen molar-refractivity contribution in [3.63, 3.8) is 0 Å². The Balaban J connectivity index is 1.86. The minimum atomic E-state index is -4.37. The highest BCUT2D eigenvalue weighted by molar-refractivity contribution is 5.83. The molecule has 0 saturated carbocycles. The molecule has 0 aliphatic rings. The van der Waals surface area contributed by atoms with Crippen LogP contribution in [-0.4, -0.2) is 25.0 Å². The highest BCUT2D eigenvalue weighted by atomic mass is 19.4. The van der Waals surface area contributed by atoms with Crippen molar-refractivity contribution in [2.24, 2.45) is 0 Å². The molecule has 3 rings (SSSR count). The number of hydrogen-bond acceptors (Lipinski definition) is 4. The van der Waals surface area contributed by atoms with Crippen LogP contribution in [0.5, 0.6) is 5.75 Å². The van der Waals surface area contributed by atoms with E-state index in [-0.39, 0.29) is 11.9 Å². The fourth-order valence-electron chi connectivity index (χ4n) is 3.55. The molecule has 5 nitrogen and oxygen atoms in total. The molecule has 1 unspecified atom stereocenters. The largest absolute Gasteiger partial charge is 0.497 e. The van der Waals surface area contributed by atoms with Crippen molar-refractivity contribution in [3.8, 4) is 5.75 Å². The zero-order chi connectivity index (χ0) is 23.8. The van der Waals surface area contributed by atoms with Gasteiger partial charge >= 0.3 is 6.18 Å². The number of nitrogens with zero attached hydrogens (tertiary/aromatic N) is 1. The molecule has 8 heteroatoms. The number of carbonyl (C=O) groups excluding carboxylic acids is 1. The van der Waals surface area contributed by atoms with Gasteiger partial charge in [0.15, 0.2) is 0 Å². The van der Waals surface area contributed by atoms with Crippen LogP contribution in [0.2, 0.25) is 0 Å². The van der Waals surface area contributed by atoms with E-state index >= 15 is 0 Å². The lowest BCUT2D eigenvalue weighted by atomic mass is 9.98. The van der Waals surface area contributed by atoms with Crippen molar-refractivity contribution in [3.05, 3.63) is 95.3 Å². The van der Waals surface area contributed by atoms with E-state index in [0.717, 1.165) is 23.3 Å². The van der Waals surface area contributed by atoms with E-state index in [1.54, 1.807) is 32.5 Å². The molecule has 0 saturated heterocycles. The van der Waals surface area contributed by atoms with Gasteiger partial charge in [-0.15, -0.1) is 0 Å². The van der Waals surface area contributed by atoms with Crippen molar-refractivity contribution in [2.75, 3.05) is 14.2 Å². The number of carbonyl (C=O) groups is 1. The van der Waals surface area contributed by atoms with Gasteiger partial charge in [-0.1, -0.05) is 42.5 Å². The Morgan fingerprint density at radius 2 is 1.76 bits per heavy atom. The molecule has 2 atom stereocenters. The number of nitrogens with one attached hydrogen (secondary N) is 2. The Morgan fingerprint density at radius 1 is 1.06 bits per heavy atom. The monoisotopic (exact) mass is 457 g/mol. The van der Waals surface area contributed by atoms with Gasteiger partial charge in [-0.25, -0.2) is 0 Å². The van der Waals surface area contributed by atoms with Gasteiger partial charge in [-0.2, -0.15) is 13.2 Å². The Hall–Kier alpha value is -3.39. The first-order chi connectivity index (χ1) is 15.8. The summed E-state index contributed by atoms with van der Waals surface area (Å²) in [6, 6.07) is 16.9. The summed E-state index contributed by atoms with van der Waals surface area (Å²) in [5, 5.41) is 6.07. The molecule has 1 heterocycles. The fraction of sp³-hybridized carbons (Fsp3) is 0.280. The summed E-state index contributed by atoms with van der Waals surface area (Å²) in [5.41, 5.74) is 1.54. The van der Waals surface area contributed by atoms with Gasteiger partial charge < -0.3 is 10.1 Å². The Labute approximate surface area is 191 Å². The summed E-state index contributed by atoms with van der Waals surface area (Å²) < 4.78 is 43.9. The zero-order valence-corrected chi connectivity index (χ0v) is 18.4. The maximum atomic E-state index is 12.9. The van der Waals surface area contributed by atoms with E-state index in [2.05, 4.69) is 15.6 Å². The van der Waals surface area contributed by atoms with Gasteiger partial charge in [-0.3, -0.25) is 15.1 Å². The van der Waals surface area contributed by atoms with Crippen LogP contribution in [0.25, 0.3) is 0 Å². The summed E-state index contributed by atoms with van der Waals surface area (Å²) in [5.74, 6) is 0.418. The van der Waals surface area contributed by atoms with Crippen LogP contribution in [0, 0.1) is 0 Å². The van der Waals surface area contributed by atoms with Crippen molar-refractivity contribution in [2.45, 2.75) is 31.1 Å². The third-order valence-electron chi connectivity index (χ3n) is 5.36. The van der Waals surface area contributed by atoms with Gasteiger partial charge in [0.25, 0.3) is 0 Å². The van der Waals surface area contributed by atoms with Crippen LogP contribution in [0.1, 0.15) is 40.9 Å². The SMILES string of the molecule is CNC(=O)C(N[C@@H](CCc1ccc(C(F)(F)F)cc1)c1cc(OC)ccn1)c1ccccc1. The number of rotatable bonds is 9. The van der Waals surface area contributed by atoms with Gasteiger partial charge in [0.05, 0.1) is 24.4 Å². The van der Waals surface area contributed by atoms with Gasteiger partial charge in [0.1, 0.15) is 11.8 Å². The van der Waals surface area contributed by atoms with Crippen molar-refractivity contribution >= 4 is 5.91 Å². The first kappa shape index (κ1) is 24.3. The maximum absolute atomic E-state index is 12.9. The summed E-state index contributed by atoms with van der Waals surface area (Å²) in [6.07, 6.45) is -1.75. The normalized spacial score (nSPS) is 13.2. The lowest BCUT2D eigenvalue weighted by Gasteiger charge is -2.25. The molecular formula is C25H26F3N3O2. The number of methoxy groups -OCH3 is 1. The standard InChI is InChI=1S/C25H26F3N3O2/c1-29-24(32)23(18-6-4-3-5-7-18)31-21(22-16-20(33-2)14-15-30-22)13-10-17-8-11-19(12-9-17)25(26,27)28/h3-9,11-12,14-16,21,23,31H,10,13H2,1-2H3,(H,29,32)/t21-,23?/m0/s1. The molecule has 1 amide bonds. The van der Waals surface area contributed by atoms with E-state index < -0.39 is 17.8 Å². The molecule has 3 aromatic rings. The van der Waals surface area contributed by atoms with Gasteiger partial charge in [-0.05, 0) is 42.2 Å². The Kier molecular flexibility index (Phi) is 8.06. The molecule has 0 spiro atoms. The van der Waals surface area contributed by atoms with Crippen LogP contribution in [-0.2, 0) is 17.4 Å². The number of pyridine rings is 1. The smallest absolute Gasteiger partial charge is 0.416 e. The third-order valence-corrected chi connectivity index (χ3v) is 5.36. The number of alkyl halides is 3.